The van der Waals surface area contributed by atoms with Gasteiger partial charge in [0.15, 0.2) is 0 Å². The van der Waals surface area contributed by atoms with E-state index >= 15 is 0 Å². The van der Waals surface area contributed by atoms with E-state index in [4.69, 9.17) is 9.47 Å². The molecule has 28 heavy (non-hydrogen) atoms. The largest absolute Gasteiger partial charge is 0.497 e. The molecular weight excluding hydrogens is 376 g/mol. The Hall–Kier alpha value is -3.06. The fraction of sp³-hybridized carbons (Fsp3) is 0.238. The molecule has 7 heteroatoms. The van der Waals surface area contributed by atoms with E-state index in [1.165, 1.54) is 18.4 Å². The lowest BCUT2D eigenvalue weighted by Crippen LogP contribution is -2.29. The van der Waals surface area contributed by atoms with Crippen molar-refractivity contribution in [3.05, 3.63) is 59.0 Å². The predicted molar refractivity (Wildman–Crippen MR) is 111 cm³/mol. The van der Waals surface area contributed by atoms with Crippen LogP contribution in [-0.2, 0) is 0 Å². The van der Waals surface area contributed by atoms with Gasteiger partial charge in [0.1, 0.15) is 11.5 Å². The van der Waals surface area contributed by atoms with Gasteiger partial charge in [0.2, 0.25) is 0 Å². The summed E-state index contributed by atoms with van der Waals surface area (Å²) in [4.78, 5) is 25.3. The first-order valence-electron chi connectivity index (χ1n) is 8.89. The molecule has 0 radical (unpaired) electrons. The molecule has 6 nitrogen and oxygen atoms in total. The van der Waals surface area contributed by atoms with Crippen LogP contribution in [0.15, 0.2) is 48.5 Å². The first-order valence-corrected chi connectivity index (χ1v) is 9.71. The molecule has 0 aliphatic rings. The lowest BCUT2D eigenvalue weighted by atomic mass is 10.1. The molecule has 0 saturated carbocycles. The van der Waals surface area contributed by atoms with Gasteiger partial charge in [-0.15, -0.1) is 11.3 Å². The van der Waals surface area contributed by atoms with E-state index in [2.05, 4.69) is 10.6 Å². The van der Waals surface area contributed by atoms with Crippen LogP contribution in [0.4, 0.5) is 0 Å². The lowest BCUT2D eigenvalue weighted by Gasteiger charge is -2.11. The summed E-state index contributed by atoms with van der Waals surface area (Å²) in [5, 5.41) is 6.79. The molecular formula is C21H22N2O4S. The van der Waals surface area contributed by atoms with E-state index in [9.17, 15) is 9.59 Å². The highest BCUT2D eigenvalue weighted by Gasteiger charge is 2.13. The topological polar surface area (TPSA) is 76.7 Å². The zero-order valence-corrected chi connectivity index (χ0v) is 16.6. The molecule has 0 spiro atoms. The summed E-state index contributed by atoms with van der Waals surface area (Å²) in [6.45, 7) is 0.911. The molecule has 3 rings (SSSR count). The Kier molecular flexibility index (Phi) is 6.49. The molecule has 0 saturated heterocycles. The third-order valence-corrected chi connectivity index (χ3v) is 5.34. The number of carbonyl (C=O) groups is 2. The molecule has 1 aromatic heterocycles. The van der Waals surface area contributed by atoms with Crippen molar-refractivity contribution in [2.75, 3.05) is 27.3 Å². The normalized spacial score (nSPS) is 10.5. The van der Waals surface area contributed by atoms with Crippen molar-refractivity contribution in [3.63, 3.8) is 0 Å². The Labute approximate surface area is 167 Å². The van der Waals surface area contributed by atoms with Crippen LogP contribution < -0.4 is 20.1 Å². The van der Waals surface area contributed by atoms with Crippen LogP contribution in [0, 0.1) is 0 Å². The average Bonchev–Trinajstić information content (AvgIpc) is 3.17. The zero-order chi connectivity index (χ0) is 19.9. The molecule has 2 aromatic carbocycles. The van der Waals surface area contributed by atoms with Gasteiger partial charge < -0.3 is 20.1 Å². The summed E-state index contributed by atoms with van der Waals surface area (Å²) in [7, 11) is 3.06. The van der Waals surface area contributed by atoms with Crippen molar-refractivity contribution in [2.45, 2.75) is 6.42 Å². The van der Waals surface area contributed by atoms with Crippen LogP contribution in [0.3, 0.4) is 0 Å². The maximum Gasteiger partial charge on any atom is 0.261 e. The number of amides is 2. The second-order valence-electron chi connectivity index (χ2n) is 6.08. The van der Waals surface area contributed by atoms with E-state index in [0.29, 0.717) is 41.4 Å². The van der Waals surface area contributed by atoms with Gasteiger partial charge in [-0.3, -0.25) is 9.59 Å². The van der Waals surface area contributed by atoms with Crippen molar-refractivity contribution in [3.8, 4) is 11.5 Å². The van der Waals surface area contributed by atoms with Crippen LogP contribution >= 0.6 is 11.3 Å². The number of nitrogens with one attached hydrogen (secondary N) is 2. The summed E-state index contributed by atoms with van der Waals surface area (Å²) < 4.78 is 11.5. The summed E-state index contributed by atoms with van der Waals surface area (Å²) >= 11 is 1.47. The number of fused-ring (bicyclic) bond motifs is 1. The lowest BCUT2D eigenvalue weighted by molar-refractivity contribution is 0.0949. The maximum atomic E-state index is 12.4. The fourth-order valence-corrected chi connectivity index (χ4v) is 3.74. The SMILES string of the molecule is COc1ccc(OC)c(C(=O)NCCCNC(=O)c2cc3ccccc3s2)c1. The van der Waals surface area contributed by atoms with Crippen molar-refractivity contribution in [2.24, 2.45) is 0 Å². The highest BCUT2D eigenvalue weighted by molar-refractivity contribution is 7.20. The molecule has 146 valence electrons. The molecule has 0 aliphatic heterocycles. The molecule has 3 aromatic rings. The number of rotatable bonds is 8. The predicted octanol–water partition coefficient (Wildman–Crippen LogP) is 3.47. The van der Waals surface area contributed by atoms with E-state index in [1.54, 1.807) is 25.3 Å². The minimum Gasteiger partial charge on any atom is -0.497 e. The van der Waals surface area contributed by atoms with Gasteiger partial charge in [-0.05, 0) is 42.1 Å². The summed E-state index contributed by atoms with van der Waals surface area (Å²) in [6, 6.07) is 14.9. The number of ether oxygens (including phenoxy) is 2. The minimum absolute atomic E-state index is 0.0954. The van der Waals surface area contributed by atoms with E-state index in [1.807, 2.05) is 30.3 Å². The smallest absolute Gasteiger partial charge is 0.261 e. The average molecular weight is 398 g/mol. The number of benzene rings is 2. The third kappa shape index (κ3) is 4.61. The molecule has 2 N–H and O–H groups in total. The molecule has 2 amide bonds. The number of hydrogen-bond donors (Lipinski definition) is 2. The minimum atomic E-state index is -0.244. The Morgan fingerprint density at radius 1 is 0.929 bits per heavy atom. The van der Waals surface area contributed by atoms with Crippen LogP contribution in [0.25, 0.3) is 10.1 Å². The highest BCUT2D eigenvalue weighted by Crippen LogP contribution is 2.25. The first kappa shape index (κ1) is 19.7. The van der Waals surface area contributed by atoms with Gasteiger partial charge in [-0.2, -0.15) is 0 Å². The monoisotopic (exact) mass is 398 g/mol. The van der Waals surface area contributed by atoms with Gasteiger partial charge in [-0.1, -0.05) is 18.2 Å². The molecule has 1 heterocycles. The Balaban J connectivity index is 1.46. The van der Waals surface area contributed by atoms with Gasteiger partial charge in [0.25, 0.3) is 11.8 Å². The quantitative estimate of drug-likeness (QED) is 0.570. The number of hydrogen-bond acceptors (Lipinski definition) is 5. The van der Waals surface area contributed by atoms with Crippen molar-refractivity contribution < 1.29 is 19.1 Å². The van der Waals surface area contributed by atoms with Gasteiger partial charge in [0, 0.05) is 17.8 Å². The molecule has 0 atom stereocenters. The third-order valence-electron chi connectivity index (χ3n) is 4.23. The van der Waals surface area contributed by atoms with Crippen LogP contribution in [-0.4, -0.2) is 39.1 Å². The molecule has 0 bridgehead atoms. The zero-order valence-electron chi connectivity index (χ0n) is 15.8. The van der Waals surface area contributed by atoms with Gasteiger partial charge in [0.05, 0.1) is 24.7 Å². The number of methoxy groups -OCH3 is 2. The van der Waals surface area contributed by atoms with E-state index in [-0.39, 0.29) is 11.8 Å². The Morgan fingerprint density at radius 3 is 2.39 bits per heavy atom. The van der Waals surface area contributed by atoms with Crippen molar-refractivity contribution >= 4 is 33.2 Å². The second-order valence-corrected chi connectivity index (χ2v) is 7.16. The Bertz CT molecular complexity index is 950. The van der Waals surface area contributed by atoms with Crippen LogP contribution in [0.1, 0.15) is 26.5 Å². The number of thiophene rings is 1. The van der Waals surface area contributed by atoms with Crippen molar-refractivity contribution in [1.82, 2.24) is 10.6 Å². The second kappa shape index (κ2) is 9.23. The Morgan fingerprint density at radius 2 is 1.68 bits per heavy atom. The first-order chi connectivity index (χ1) is 13.6. The number of carbonyl (C=O) groups excluding carboxylic acids is 2. The maximum absolute atomic E-state index is 12.4. The summed E-state index contributed by atoms with van der Waals surface area (Å²) in [5.74, 6) is 0.728. The molecule has 0 unspecified atom stereocenters. The fourth-order valence-electron chi connectivity index (χ4n) is 2.76. The van der Waals surface area contributed by atoms with Gasteiger partial charge >= 0.3 is 0 Å². The standard InChI is InChI=1S/C21H22N2O4S/c1-26-15-8-9-17(27-2)16(13-15)20(24)22-10-5-11-23-21(25)19-12-14-6-3-4-7-18(14)28-19/h3-4,6-9,12-13H,5,10-11H2,1-2H3,(H,22,24)(H,23,25). The van der Waals surface area contributed by atoms with Gasteiger partial charge in [-0.25, -0.2) is 0 Å². The van der Waals surface area contributed by atoms with Crippen LogP contribution in [0.5, 0.6) is 11.5 Å². The van der Waals surface area contributed by atoms with E-state index in [0.717, 1.165) is 10.1 Å². The molecule has 0 aliphatic carbocycles. The van der Waals surface area contributed by atoms with Crippen LogP contribution in [0.2, 0.25) is 0 Å². The van der Waals surface area contributed by atoms with E-state index < -0.39 is 0 Å². The molecule has 0 fully saturated rings. The van der Waals surface area contributed by atoms with Crippen molar-refractivity contribution in [1.29, 1.82) is 0 Å². The summed E-state index contributed by atoms with van der Waals surface area (Å²) in [5.41, 5.74) is 0.413. The summed E-state index contributed by atoms with van der Waals surface area (Å²) in [6.07, 6.45) is 0.620. The highest BCUT2D eigenvalue weighted by atomic mass is 32.1.